The molecular formula is C10H14O2S. The fourth-order valence-electron chi connectivity index (χ4n) is 1.29. The van der Waals surface area contributed by atoms with Crippen LogP contribution in [0.1, 0.15) is 17.7 Å². The summed E-state index contributed by atoms with van der Waals surface area (Å²) in [7, 11) is 3.29. The van der Waals surface area contributed by atoms with E-state index in [1.165, 1.54) is 0 Å². The lowest BCUT2D eigenvalue weighted by atomic mass is 10.1. The van der Waals surface area contributed by atoms with E-state index in [1.807, 2.05) is 25.1 Å². The monoisotopic (exact) mass is 198 g/mol. The summed E-state index contributed by atoms with van der Waals surface area (Å²) < 4.78 is 10.4. The number of methoxy groups -OCH3 is 2. The maximum atomic E-state index is 5.22. The Morgan fingerprint density at radius 2 is 1.62 bits per heavy atom. The summed E-state index contributed by atoms with van der Waals surface area (Å²) >= 11 is 4.37. The van der Waals surface area contributed by atoms with E-state index in [-0.39, 0.29) is 5.25 Å². The van der Waals surface area contributed by atoms with Gasteiger partial charge in [0, 0.05) is 10.8 Å². The first-order valence-electron chi connectivity index (χ1n) is 4.09. The molecule has 0 amide bonds. The molecule has 0 aliphatic carbocycles. The average molecular weight is 198 g/mol. The quantitative estimate of drug-likeness (QED) is 0.753. The van der Waals surface area contributed by atoms with Crippen molar-refractivity contribution in [2.24, 2.45) is 0 Å². The number of hydrogen-bond donors (Lipinski definition) is 1. The topological polar surface area (TPSA) is 18.5 Å². The third kappa shape index (κ3) is 2.10. The van der Waals surface area contributed by atoms with Gasteiger partial charge in [-0.25, -0.2) is 0 Å². The fraction of sp³-hybridized carbons (Fsp3) is 0.400. The maximum Gasteiger partial charge on any atom is 0.126 e. The van der Waals surface area contributed by atoms with E-state index in [0.717, 1.165) is 17.1 Å². The van der Waals surface area contributed by atoms with Crippen LogP contribution in [0.15, 0.2) is 18.2 Å². The molecule has 1 unspecified atom stereocenters. The van der Waals surface area contributed by atoms with Crippen molar-refractivity contribution >= 4 is 12.6 Å². The normalized spacial score (nSPS) is 12.3. The highest BCUT2D eigenvalue weighted by atomic mass is 32.1. The van der Waals surface area contributed by atoms with Gasteiger partial charge in [0.1, 0.15) is 11.5 Å². The third-order valence-corrected chi connectivity index (χ3v) is 2.14. The van der Waals surface area contributed by atoms with Gasteiger partial charge in [-0.2, -0.15) is 12.6 Å². The molecule has 1 aromatic rings. The van der Waals surface area contributed by atoms with Crippen LogP contribution in [0.5, 0.6) is 11.5 Å². The lowest BCUT2D eigenvalue weighted by molar-refractivity contribution is 0.386. The van der Waals surface area contributed by atoms with Crippen molar-refractivity contribution in [1.82, 2.24) is 0 Å². The number of hydrogen-bond acceptors (Lipinski definition) is 3. The second kappa shape index (κ2) is 4.42. The minimum absolute atomic E-state index is 0.103. The van der Waals surface area contributed by atoms with Crippen molar-refractivity contribution < 1.29 is 9.47 Å². The number of thiol groups is 1. The standard InChI is InChI=1S/C10H14O2S/c1-7(13)10-8(11-2)5-4-6-9(10)12-3/h4-7,13H,1-3H3. The van der Waals surface area contributed by atoms with Crippen LogP contribution < -0.4 is 9.47 Å². The molecular weight excluding hydrogens is 184 g/mol. The van der Waals surface area contributed by atoms with E-state index >= 15 is 0 Å². The molecule has 0 spiro atoms. The molecule has 0 bridgehead atoms. The van der Waals surface area contributed by atoms with E-state index in [4.69, 9.17) is 9.47 Å². The van der Waals surface area contributed by atoms with Gasteiger partial charge in [0.2, 0.25) is 0 Å². The van der Waals surface area contributed by atoms with Crippen molar-refractivity contribution in [2.45, 2.75) is 12.2 Å². The zero-order valence-electron chi connectivity index (χ0n) is 8.07. The van der Waals surface area contributed by atoms with E-state index in [2.05, 4.69) is 12.6 Å². The smallest absolute Gasteiger partial charge is 0.126 e. The molecule has 0 saturated heterocycles. The van der Waals surface area contributed by atoms with E-state index in [9.17, 15) is 0 Å². The summed E-state index contributed by atoms with van der Waals surface area (Å²) in [6.45, 7) is 1.99. The molecule has 3 heteroatoms. The Morgan fingerprint density at radius 3 is 1.92 bits per heavy atom. The van der Waals surface area contributed by atoms with Crippen LogP contribution in [-0.2, 0) is 0 Å². The number of rotatable bonds is 3. The van der Waals surface area contributed by atoms with E-state index in [0.29, 0.717) is 0 Å². The molecule has 2 nitrogen and oxygen atoms in total. The Kier molecular flexibility index (Phi) is 3.48. The molecule has 0 aliphatic heterocycles. The Morgan fingerprint density at radius 1 is 1.15 bits per heavy atom. The fourth-order valence-corrected chi connectivity index (χ4v) is 1.55. The Bertz CT molecular complexity index is 262. The number of ether oxygens (including phenoxy) is 2. The third-order valence-electron chi connectivity index (χ3n) is 1.88. The van der Waals surface area contributed by atoms with Crippen LogP contribution in [0.3, 0.4) is 0 Å². The molecule has 0 radical (unpaired) electrons. The first-order valence-corrected chi connectivity index (χ1v) is 4.61. The molecule has 1 rings (SSSR count). The Balaban J connectivity index is 3.21. The molecule has 0 N–H and O–H groups in total. The highest BCUT2D eigenvalue weighted by molar-refractivity contribution is 7.80. The van der Waals surface area contributed by atoms with Gasteiger partial charge in [-0.05, 0) is 19.1 Å². The van der Waals surface area contributed by atoms with Gasteiger partial charge in [-0.15, -0.1) is 0 Å². The Hall–Kier alpha value is -0.830. The first kappa shape index (κ1) is 10.3. The van der Waals surface area contributed by atoms with Crippen molar-refractivity contribution in [2.75, 3.05) is 14.2 Å². The average Bonchev–Trinajstić information content (AvgIpc) is 2.16. The molecule has 0 saturated carbocycles. The number of benzene rings is 1. The van der Waals surface area contributed by atoms with Crippen molar-refractivity contribution in [3.63, 3.8) is 0 Å². The summed E-state index contributed by atoms with van der Waals surface area (Å²) in [5.41, 5.74) is 0.996. The maximum absolute atomic E-state index is 5.22. The van der Waals surface area contributed by atoms with Gasteiger partial charge in [0.25, 0.3) is 0 Å². The van der Waals surface area contributed by atoms with Crippen LogP contribution in [-0.4, -0.2) is 14.2 Å². The second-order valence-electron chi connectivity index (χ2n) is 2.75. The van der Waals surface area contributed by atoms with Crippen molar-refractivity contribution in [3.05, 3.63) is 23.8 Å². The first-order chi connectivity index (χ1) is 6.20. The van der Waals surface area contributed by atoms with Gasteiger partial charge in [0.05, 0.1) is 14.2 Å². The predicted octanol–water partition coefficient (Wildman–Crippen LogP) is 2.69. The molecule has 1 atom stereocenters. The molecule has 0 aromatic heterocycles. The van der Waals surface area contributed by atoms with Crippen LogP contribution in [0.4, 0.5) is 0 Å². The molecule has 72 valence electrons. The second-order valence-corrected chi connectivity index (χ2v) is 3.53. The highest BCUT2D eigenvalue weighted by Gasteiger charge is 2.13. The summed E-state index contributed by atoms with van der Waals surface area (Å²) in [5, 5.41) is 0.103. The minimum atomic E-state index is 0.103. The molecule has 0 heterocycles. The van der Waals surface area contributed by atoms with E-state index < -0.39 is 0 Å². The lowest BCUT2D eigenvalue weighted by Gasteiger charge is -2.14. The SMILES string of the molecule is COc1cccc(OC)c1C(C)S. The Labute approximate surface area is 84.3 Å². The molecule has 13 heavy (non-hydrogen) atoms. The van der Waals surface area contributed by atoms with Crippen LogP contribution in [0.2, 0.25) is 0 Å². The molecule has 0 fully saturated rings. The summed E-state index contributed by atoms with van der Waals surface area (Å²) in [4.78, 5) is 0. The molecule has 1 aromatic carbocycles. The largest absolute Gasteiger partial charge is 0.496 e. The summed E-state index contributed by atoms with van der Waals surface area (Å²) in [6.07, 6.45) is 0. The minimum Gasteiger partial charge on any atom is -0.496 e. The van der Waals surface area contributed by atoms with Gasteiger partial charge < -0.3 is 9.47 Å². The van der Waals surface area contributed by atoms with Gasteiger partial charge in [-0.3, -0.25) is 0 Å². The lowest BCUT2D eigenvalue weighted by Crippen LogP contribution is -1.96. The zero-order chi connectivity index (χ0) is 9.84. The van der Waals surface area contributed by atoms with Crippen molar-refractivity contribution in [3.8, 4) is 11.5 Å². The van der Waals surface area contributed by atoms with Crippen LogP contribution in [0.25, 0.3) is 0 Å². The van der Waals surface area contributed by atoms with Crippen LogP contribution >= 0.6 is 12.6 Å². The van der Waals surface area contributed by atoms with E-state index in [1.54, 1.807) is 14.2 Å². The molecule has 0 aliphatic rings. The highest BCUT2D eigenvalue weighted by Crippen LogP contribution is 2.36. The van der Waals surface area contributed by atoms with Gasteiger partial charge in [-0.1, -0.05) is 6.07 Å². The van der Waals surface area contributed by atoms with Gasteiger partial charge in [0.15, 0.2) is 0 Å². The zero-order valence-corrected chi connectivity index (χ0v) is 8.97. The van der Waals surface area contributed by atoms with Gasteiger partial charge >= 0.3 is 0 Å². The summed E-state index contributed by atoms with van der Waals surface area (Å²) in [5.74, 6) is 1.64. The summed E-state index contributed by atoms with van der Waals surface area (Å²) in [6, 6.07) is 5.71. The van der Waals surface area contributed by atoms with Crippen LogP contribution in [0, 0.1) is 0 Å². The predicted molar refractivity (Wildman–Crippen MR) is 56.9 cm³/mol. The van der Waals surface area contributed by atoms with Crippen molar-refractivity contribution in [1.29, 1.82) is 0 Å².